The van der Waals surface area contributed by atoms with Crippen molar-refractivity contribution in [2.24, 2.45) is 0 Å². The van der Waals surface area contributed by atoms with Crippen LogP contribution in [0.2, 0.25) is 5.02 Å². The van der Waals surface area contributed by atoms with Crippen LogP contribution in [0.3, 0.4) is 0 Å². The van der Waals surface area contributed by atoms with E-state index in [1.807, 2.05) is 0 Å². The summed E-state index contributed by atoms with van der Waals surface area (Å²) in [4.78, 5) is 24.6. The fourth-order valence-electron chi connectivity index (χ4n) is 1.87. The highest BCUT2D eigenvalue weighted by atomic mass is 35.5. The standard InChI is InChI=1S/C13H14ClNO4S/c1-8(19-10-4-2-9(14)3-5-10)12(16)15-7-20-6-11(15)13(17)18/h2-5,8,11H,6-7H2,1H3,(H,17,18)/t8?,11-/m0/s1. The Kier molecular flexibility index (Phi) is 4.77. The van der Waals surface area contributed by atoms with Crippen LogP contribution < -0.4 is 4.74 Å². The molecule has 1 heterocycles. The molecule has 7 heteroatoms. The van der Waals surface area contributed by atoms with E-state index in [1.165, 1.54) is 16.7 Å². The van der Waals surface area contributed by atoms with Gasteiger partial charge in [-0.2, -0.15) is 0 Å². The van der Waals surface area contributed by atoms with Crippen LogP contribution in [-0.2, 0) is 9.59 Å². The van der Waals surface area contributed by atoms with E-state index >= 15 is 0 Å². The number of hydrogen-bond donors (Lipinski definition) is 1. The number of halogens is 1. The molecule has 0 saturated carbocycles. The van der Waals surface area contributed by atoms with Gasteiger partial charge in [0.2, 0.25) is 0 Å². The van der Waals surface area contributed by atoms with E-state index in [-0.39, 0.29) is 5.91 Å². The molecule has 108 valence electrons. The quantitative estimate of drug-likeness (QED) is 0.921. The van der Waals surface area contributed by atoms with Crippen molar-refractivity contribution < 1.29 is 19.4 Å². The highest BCUT2D eigenvalue weighted by Crippen LogP contribution is 2.23. The first kappa shape index (κ1) is 15.0. The zero-order valence-corrected chi connectivity index (χ0v) is 12.4. The molecule has 1 aromatic carbocycles. The molecule has 0 aliphatic carbocycles. The number of thioether (sulfide) groups is 1. The topological polar surface area (TPSA) is 66.8 Å². The summed E-state index contributed by atoms with van der Waals surface area (Å²) >= 11 is 7.19. The van der Waals surface area contributed by atoms with Crippen LogP contribution in [0.25, 0.3) is 0 Å². The van der Waals surface area contributed by atoms with Gasteiger partial charge in [0.1, 0.15) is 11.8 Å². The van der Waals surface area contributed by atoms with Crippen molar-refractivity contribution >= 4 is 35.2 Å². The maximum absolute atomic E-state index is 12.2. The number of ether oxygens (including phenoxy) is 1. The molecule has 1 N–H and O–H groups in total. The summed E-state index contributed by atoms with van der Waals surface area (Å²) < 4.78 is 5.52. The van der Waals surface area contributed by atoms with Gasteiger partial charge in [-0.3, -0.25) is 4.79 Å². The number of rotatable bonds is 4. The van der Waals surface area contributed by atoms with Crippen LogP contribution in [0.5, 0.6) is 5.75 Å². The van der Waals surface area contributed by atoms with Gasteiger partial charge in [0.25, 0.3) is 5.91 Å². The van der Waals surface area contributed by atoms with Gasteiger partial charge in [-0.05, 0) is 31.2 Å². The maximum Gasteiger partial charge on any atom is 0.327 e. The van der Waals surface area contributed by atoms with Crippen molar-refractivity contribution in [3.63, 3.8) is 0 Å². The minimum atomic E-state index is -0.984. The average molecular weight is 316 g/mol. The number of amides is 1. The van der Waals surface area contributed by atoms with Crippen LogP contribution in [0, 0.1) is 0 Å². The van der Waals surface area contributed by atoms with Crippen LogP contribution in [0.4, 0.5) is 0 Å². The van der Waals surface area contributed by atoms with Gasteiger partial charge < -0.3 is 14.7 Å². The Hall–Kier alpha value is -1.40. The zero-order valence-electron chi connectivity index (χ0n) is 10.8. The number of aliphatic carboxylic acids is 1. The Morgan fingerprint density at radius 3 is 2.70 bits per heavy atom. The van der Waals surface area contributed by atoms with Crippen LogP contribution >= 0.6 is 23.4 Å². The highest BCUT2D eigenvalue weighted by molar-refractivity contribution is 7.99. The smallest absolute Gasteiger partial charge is 0.327 e. The second kappa shape index (κ2) is 6.37. The Labute approximate surface area is 125 Å². The van der Waals surface area contributed by atoms with Crippen molar-refractivity contribution in [1.29, 1.82) is 0 Å². The summed E-state index contributed by atoms with van der Waals surface area (Å²) in [5.74, 6) is 0.00661. The molecule has 20 heavy (non-hydrogen) atoms. The van der Waals surface area contributed by atoms with Crippen molar-refractivity contribution in [2.45, 2.75) is 19.1 Å². The largest absolute Gasteiger partial charge is 0.481 e. The van der Waals surface area contributed by atoms with E-state index in [9.17, 15) is 9.59 Å². The van der Waals surface area contributed by atoms with Crippen molar-refractivity contribution in [2.75, 3.05) is 11.6 Å². The third-order valence-corrected chi connectivity index (χ3v) is 4.19. The third-order valence-electron chi connectivity index (χ3n) is 2.92. The molecule has 0 spiro atoms. The molecule has 2 rings (SSSR count). The summed E-state index contributed by atoms with van der Waals surface area (Å²) in [7, 11) is 0. The number of benzene rings is 1. The van der Waals surface area contributed by atoms with Crippen molar-refractivity contribution in [1.82, 2.24) is 4.90 Å². The molecule has 1 aromatic rings. The van der Waals surface area contributed by atoms with E-state index < -0.39 is 18.1 Å². The molecule has 1 amide bonds. The zero-order chi connectivity index (χ0) is 14.7. The SMILES string of the molecule is CC(Oc1ccc(Cl)cc1)C(=O)N1CSC[C@H]1C(=O)O. The first-order chi connectivity index (χ1) is 9.49. The van der Waals surface area contributed by atoms with E-state index in [0.717, 1.165) is 0 Å². The van der Waals surface area contributed by atoms with Gasteiger partial charge in [-0.25, -0.2) is 4.79 Å². The third kappa shape index (κ3) is 3.37. The summed E-state index contributed by atoms with van der Waals surface area (Å²) in [5, 5.41) is 9.65. The highest BCUT2D eigenvalue weighted by Gasteiger charge is 2.37. The average Bonchev–Trinajstić information content (AvgIpc) is 2.90. The van der Waals surface area contributed by atoms with Gasteiger partial charge in [0, 0.05) is 10.8 Å². The number of carboxylic acids is 1. The number of nitrogens with zero attached hydrogens (tertiary/aromatic N) is 1. The summed E-state index contributed by atoms with van der Waals surface area (Å²) in [6, 6.07) is 5.89. The Morgan fingerprint density at radius 1 is 1.45 bits per heavy atom. The molecule has 0 aromatic heterocycles. The van der Waals surface area contributed by atoms with Crippen LogP contribution in [0.1, 0.15) is 6.92 Å². The molecule has 2 atom stereocenters. The monoisotopic (exact) mass is 315 g/mol. The lowest BCUT2D eigenvalue weighted by Crippen LogP contribution is -2.47. The minimum Gasteiger partial charge on any atom is -0.481 e. The van der Waals surface area contributed by atoms with Crippen molar-refractivity contribution in [3.05, 3.63) is 29.3 Å². The molecule has 0 bridgehead atoms. The summed E-state index contributed by atoms with van der Waals surface area (Å²) in [5.41, 5.74) is 0. The second-order valence-electron chi connectivity index (χ2n) is 4.38. The van der Waals surface area contributed by atoms with Crippen molar-refractivity contribution in [3.8, 4) is 5.75 Å². The van der Waals surface area contributed by atoms with Gasteiger partial charge >= 0.3 is 5.97 Å². The molecular formula is C13H14ClNO4S. The fraction of sp³-hybridized carbons (Fsp3) is 0.385. The first-order valence-corrected chi connectivity index (χ1v) is 7.55. The lowest BCUT2D eigenvalue weighted by atomic mass is 10.2. The normalized spacial score (nSPS) is 19.7. The first-order valence-electron chi connectivity index (χ1n) is 6.02. The maximum atomic E-state index is 12.2. The van der Waals surface area contributed by atoms with Crippen LogP contribution in [-0.4, -0.2) is 45.7 Å². The molecule has 0 radical (unpaired) electrons. The van der Waals surface area contributed by atoms with E-state index in [2.05, 4.69) is 0 Å². The van der Waals surface area contributed by atoms with E-state index in [1.54, 1.807) is 31.2 Å². The fourth-order valence-corrected chi connectivity index (χ4v) is 3.15. The Balaban J connectivity index is 2.01. The van der Waals surface area contributed by atoms with Gasteiger partial charge in [-0.15, -0.1) is 11.8 Å². The minimum absolute atomic E-state index is 0.322. The predicted molar refractivity (Wildman–Crippen MR) is 77.1 cm³/mol. The van der Waals surface area contributed by atoms with Gasteiger partial charge in [0.15, 0.2) is 6.10 Å². The molecule has 1 fully saturated rings. The molecule has 1 saturated heterocycles. The van der Waals surface area contributed by atoms with Crippen LogP contribution in [0.15, 0.2) is 24.3 Å². The number of carbonyl (C=O) groups excluding carboxylic acids is 1. The number of carboxylic acid groups (broad SMARTS) is 1. The molecular weight excluding hydrogens is 302 g/mol. The lowest BCUT2D eigenvalue weighted by Gasteiger charge is -2.24. The van der Waals surface area contributed by atoms with E-state index in [4.69, 9.17) is 21.4 Å². The number of carbonyl (C=O) groups is 2. The molecule has 1 unspecified atom stereocenters. The molecule has 1 aliphatic heterocycles. The Bertz CT molecular complexity index is 508. The lowest BCUT2D eigenvalue weighted by molar-refractivity contribution is -0.150. The van der Waals surface area contributed by atoms with Gasteiger partial charge in [0.05, 0.1) is 5.88 Å². The predicted octanol–water partition coefficient (Wildman–Crippen LogP) is 2.09. The Morgan fingerprint density at radius 2 is 2.10 bits per heavy atom. The molecule has 1 aliphatic rings. The van der Waals surface area contributed by atoms with Gasteiger partial charge in [-0.1, -0.05) is 11.6 Å². The second-order valence-corrected chi connectivity index (χ2v) is 5.81. The number of hydrogen-bond acceptors (Lipinski definition) is 4. The molecule has 5 nitrogen and oxygen atoms in total. The van der Waals surface area contributed by atoms with E-state index in [0.29, 0.717) is 22.4 Å². The summed E-state index contributed by atoms with van der Waals surface area (Å²) in [6.07, 6.45) is -0.739. The summed E-state index contributed by atoms with van der Waals surface area (Å²) in [6.45, 7) is 1.61.